The zero-order chi connectivity index (χ0) is 10.6. The van der Waals surface area contributed by atoms with Crippen molar-refractivity contribution < 1.29 is 30.0 Å². The molecule has 0 radical (unpaired) electrons. The number of aliphatic hydroxyl groups excluding tert-OH is 3. The minimum Gasteiger partial charge on any atom is -0.475 e. The van der Waals surface area contributed by atoms with E-state index in [4.69, 9.17) is 20.4 Å². The molecule has 0 aliphatic heterocycles. The molecule has 0 amide bonds. The van der Waals surface area contributed by atoms with Crippen LogP contribution in [0, 0.1) is 5.92 Å². The molecular weight excluding hydrogens is 180 g/mol. The van der Waals surface area contributed by atoms with Crippen LogP contribution in [-0.2, 0) is 9.59 Å². The van der Waals surface area contributed by atoms with Gasteiger partial charge in [-0.3, -0.25) is 4.79 Å². The first-order chi connectivity index (χ1) is 5.91. The molecule has 1 unspecified atom stereocenters. The number of hydrogen-bond donors (Lipinski definition) is 4. The van der Waals surface area contributed by atoms with Gasteiger partial charge in [0.1, 0.15) is 6.10 Å². The predicted octanol–water partition coefficient (Wildman–Crippen LogP) is -2.01. The van der Waals surface area contributed by atoms with E-state index in [1.54, 1.807) is 0 Å². The Balaban J connectivity index is 4.33. The molecule has 0 aromatic carbocycles. The molecule has 4 N–H and O–H groups in total. The molecule has 0 aliphatic carbocycles. The van der Waals surface area contributed by atoms with Crippen molar-refractivity contribution in [3.63, 3.8) is 0 Å². The summed E-state index contributed by atoms with van der Waals surface area (Å²) in [6.45, 7) is 0.443. The lowest BCUT2D eigenvalue weighted by atomic mass is 9.96. The third kappa shape index (κ3) is 3.10. The van der Waals surface area contributed by atoms with Crippen LogP contribution >= 0.6 is 0 Å². The van der Waals surface area contributed by atoms with E-state index in [-0.39, 0.29) is 0 Å². The van der Waals surface area contributed by atoms with Gasteiger partial charge in [-0.1, -0.05) is 6.92 Å². The van der Waals surface area contributed by atoms with Gasteiger partial charge in [0, 0.05) is 0 Å². The van der Waals surface area contributed by atoms with Crippen LogP contribution in [0.1, 0.15) is 6.92 Å². The number of ketones is 1. The summed E-state index contributed by atoms with van der Waals surface area (Å²) in [6.07, 6.45) is -3.06. The molecule has 0 bridgehead atoms. The van der Waals surface area contributed by atoms with Crippen molar-refractivity contribution in [1.29, 1.82) is 0 Å². The summed E-state index contributed by atoms with van der Waals surface area (Å²) in [5.41, 5.74) is 0. The molecule has 6 heteroatoms. The molecule has 0 heterocycles. The van der Waals surface area contributed by atoms with Crippen molar-refractivity contribution in [1.82, 2.24) is 0 Å². The van der Waals surface area contributed by atoms with Crippen LogP contribution in [-0.4, -0.2) is 51.0 Å². The lowest BCUT2D eigenvalue weighted by Gasteiger charge is -2.19. The number of aliphatic carboxylic acids is 1. The molecule has 0 aromatic rings. The first kappa shape index (κ1) is 12.0. The Kier molecular flexibility index (Phi) is 4.53. The predicted molar refractivity (Wildman–Crippen MR) is 40.9 cm³/mol. The number of carboxylic acid groups (broad SMARTS) is 1. The molecule has 0 saturated heterocycles. The number of rotatable bonds is 5. The highest BCUT2D eigenvalue weighted by molar-refractivity contribution is 6.33. The lowest BCUT2D eigenvalue weighted by molar-refractivity contribution is -0.154. The maximum atomic E-state index is 10.8. The Labute approximate surface area is 74.4 Å². The fourth-order valence-corrected chi connectivity index (χ4v) is 0.791. The Morgan fingerprint density at radius 1 is 1.31 bits per heavy atom. The molecule has 6 nitrogen and oxygen atoms in total. The van der Waals surface area contributed by atoms with Gasteiger partial charge in [-0.05, 0) is 0 Å². The van der Waals surface area contributed by atoms with Gasteiger partial charge in [-0.25, -0.2) is 4.79 Å². The van der Waals surface area contributed by atoms with Crippen molar-refractivity contribution in [2.45, 2.75) is 19.1 Å². The molecule has 0 fully saturated rings. The van der Waals surface area contributed by atoms with E-state index in [0.29, 0.717) is 0 Å². The van der Waals surface area contributed by atoms with E-state index in [2.05, 4.69) is 0 Å². The maximum absolute atomic E-state index is 10.8. The fraction of sp³-hybridized carbons (Fsp3) is 0.714. The van der Waals surface area contributed by atoms with Crippen molar-refractivity contribution in [3.8, 4) is 0 Å². The quantitative estimate of drug-likeness (QED) is 0.374. The van der Waals surface area contributed by atoms with E-state index in [0.717, 1.165) is 0 Å². The van der Waals surface area contributed by atoms with Crippen molar-refractivity contribution in [3.05, 3.63) is 0 Å². The third-order valence-electron chi connectivity index (χ3n) is 1.72. The van der Waals surface area contributed by atoms with Crippen molar-refractivity contribution in [2.75, 3.05) is 6.61 Å². The minimum absolute atomic E-state index is 0.724. The number of aliphatic hydroxyl groups is 3. The number of carbonyl (C=O) groups excluding carboxylic acids is 1. The number of Topliss-reactive ketones (excluding diaryl/α,β-unsaturated/α-hetero) is 1. The van der Waals surface area contributed by atoms with Gasteiger partial charge in [0.05, 0.1) is 18.6 Å². The number of carbonyl (C=O) groups is 2. The zero-order valence-corrected chi connectivity index (χ0v) is 7.04. The van der Waals surface area contributed by atoms with Gasteiger partial charge in [0.2, 0.25) is 5.78 Å². The topological polar surface area (TPSA) is 115 Å². The lowest BCUT2D eigenvalue weighted by Crippen LogP contribution is -2.40. The second-order valence-corrected chi connectivity index (χ2v) is 2.70. The van der Waals surface area contributed by atoms with Gasteiger partial charge in [0.25, 0.3) is 0 Å². The second kappa shape index (κ2) is 4.90. The van der Waals surface area contributed by atoms with E-state index >= 15 is 0 Å². The molecule has 0 aliphatic rings. The van der Waals surface area contributed by atoms with Crippen LogP contribution in [0.2, 0.25) is 0 Å². The molecule has 3 atom stereocenters. The Hall–Kier alpha value is -0.980. The smallest absolute Gasteiger partial charge is 0.372 e. The Bertz CT molecular complexity index is 201. The molecule has 0 rings (SSSR count). The van der Waals surface area contributed by atoms with Gasteiger partial charge in [-0.2, -0.15) is 0 Å². The summed E-state index contributed by atoms with van der Waals surface area (Å²) in [4.78, 5) is 20.9. The number of carboxylic acids is 1. The molecule has 76 valence electrons. The van der Waals surface area contributed by atoms with Crippen LogP contribution in [0.15, 0.2) is 0 Å². The fourth-order valence-electron chi connectivity index (χ4n) is 0.791. The van der Waals surface area contributed by atoms with Gasteiger partial charge < -0.3 is 20.4 Å². The monoisotopic (exact) mass is 192 g/mol. The second-order valence-electron chi connectivity index (χ2n) is 2.70. The SMILES string of the molecule is CC(C(=O)C(=O)O)[C@H](O)[C@@H](O)CO. The van der Waals surface area contributed by atoms with E-state index < -0.39 is 36.5 Å². The summed E-state index contributed by atoms with van der Waals surface area (Å²) >= 11 is 0. The Morgan fingerprint density at radius 2 is 1.77 bits per heavy atom. The van der Waals surface area contributed by atoms with Crippen LogP contribution in [0.5, 0.6) is 0 Å². The average molecular weight is 192 g/mol. The van der Waals surface area contributed by atoms with E-state index in [1.807, 2.05) is 0 Å². The van der Waals surface area contributed by atoms with E-state index in [1.165, 1.54) is 6.92 Å². The number of hydrogen-bond acceptors (Lipinski definition) is 5. The van der Waals surface area contributed by atoms with Crippen LogP contribution < -0.4 is 0 Å². The summed E-state index contributed by atoms with van der Waals surface area (Å²) in [7, 11) is 0. The first-order valence-corrected chi connectivity index (χ1v) is 3.66. The van der Waals surface area contributed by atoms with Gasteiger partial charge in [0.15, 0.2) is 0 Å². The minimum atomic E-state index is -1.67. The highest BCUT2D eigenvalue weighted by atomic mass is 16.4. The summed E-state index contributed by atoms with van der Waals surface area (Å²) < 4.78 is 0. The van der Waals surface area contributed by atoms with Crippen molar-refractivity contribution in [2.24, 2.45) is 5.92 Å². The standard InChI is InChI=1S/C7H12O6/c1-3(6(11)7(12)13)5(10)4(9)2-8/h3-5,8-10H,2H2,1H3,(H,12,13)/t3?,4-,5-/m0/s1. The third-order valence-corrected chi connectivity index (χ3v) is 1.72. The summed E-state index contributed by atoms with van der Waals surface area (Å²) in [5.74, 6) is -4.10. The summed E-state index contributed by atoms with van der Waals surface area (Å²) in [5, 5.41) is 34.7. The van der Waals surface area contributed by atoms with Gasteiger partial charge in [-0.15, -0.1) is 0 Å². The van der Waals surface area contributed by atoms with Crippen LogP contribution in [0.25, 0.3) is 0 Å². The van der Waals surface area contributed by atoms with E-state index in [9.17, 15) is 9.59 Å². The maximum Gasteiger partial charge on any atom is 0.372 e. The van der Waals surface area contributed by atoms with Gasteiger partial charge >= 0.3 is 5.97 Å². The van der Waals surface area contributed by atoms with Crippen LogP contribution in [0.4, 0.5) is 0 Å². The van der Waals surface area contributed by atoms with Crippen molar-refractivity contribution >= 4 is 11.8 Å². The Morgan fingerprint density at radius 3 is 2.08 bits per heavy atom. The van der Waals surface area contributed by atoms with Crippen LogP contribution in [0.3, 0.4) is 0 Å². The normalized spacial score (nSPS) is 17.5. The highest BCUT2D eigenvalue weighted by Crippen LogP contribution is 2.08. The highest BCUT2D eigenvalue weighted by Gasteiger charge is 2.31. The zero-order valence-electron chi connectivity index (χ0n) is 7.04. The molecule has 0 spiro atoms. The summed E-state index contributed by atoms with van der Waals surface area (Å²) in [6, 6.07) is 0. The molecule has 0 saturated carbocycles. The molecule has 0 aromatic heterocycles. The largest absolute Gasteiger partial charge is 0.475 e. The molecule has 13 heavy (non-hydrogen) atoms. The first-order valence-electron chi connectivity index (χ1n) is 3.66. The average Bonchev–Trinajstić information content (AvgIpc) is 2.12. The molecular formula is C7H12O6.